The van der Waals surface area contributed by atoms with Gasteiger partial charge in [-0.1, -0.05) is 13.8 Å². The van der Waals surface area contributed by atoms with Gasteiger partial charge in [0.15, 0.2) is 4.96 Å². The molecule has 0 amide bonds. The summed E-state index contributed by atoms with van der Waals surface area (Å²) in [7, 11) is 0. The third kappa shape index (κ3) is 3.35. The van der Waals surface area contributed by atoms with Gasteiger partial charge < -0.3 is 10.4 Å². The van der Waals surface area contributed by atoms with E-state index >= 15 is 0 Å². The van der Waals surface area contributed by atoms with Crippen LogP contribution in [0.2, 0.25) is 0 Å². The maximum absolute atomic E-state index is 9.86. The van der Waals surface area contributed by atoms with Crippen LogP contribution in [-0.4, -0.2) is 27.1 Å². The largest absolute Gasteiger partial charge is 0.392 e. The van der Waals surface area contributed by atoms with E-state index in [4.69, 9.17) is 0 Å². The van der Waals surface area contributed by atoms with Crippen molar-refractivity contribution in [2.24, 2.45) is 5.92 Å². The number of aryl methyl sites for hydroxylation is 2. The maximum Gasteiger partial charge on any atom is 0.194 e. The molecule has 0 radical (unpaired) electrons. The van der Waals surface area contributed by atoms with Crippen molar-refractivity contribution in [3.05, 3.63) is 22.5 Å². The summed E-state index contributed by atoms with van der Waals surface area (Å²) in [6, 6.07) is 0. The lowest BCUT2D eigenvalue weighted by molar-refractivity contribution is 0.146. The molecule has 0 spiro atoms. The normalized spacial score (nSPS) is 13.6. The van der Waals surface area contributed by atoms with Crippen molar-refractivity contribution >= 4 is 16.3 Å². The lowest BCUT2D eigenvalue weighted by atomic mass is 10.1. The first-order valence-corrected chi connectivity index (χ1v) is 7.67. The number of rotatable bonds is 6. The van der Waals surface area contributed by atoms with Crippen LogP contribution in [0.15, 0.2) is 5.38 Å². The standard InChI is InChI=1S/C14H23N3OS/c1-9(2)5-12(18)6-15-7-13-11(4)16-14-17(13)10(3)8-19-14/h8-9,12,15,18H,5-7H2,1-4H3. The quantitative estimate of drug-likeness (QED) is 0.855. The van der Waals surface area contributed by atoms with Crippen molar-refractivity contribution < 1.29 is 5.11 Å². The molecule has 0 saturated heterocycles. The predicted octanol–water partition coefficient (Wildman–Crippen LogP) is 2.51. The van der Waals surface area contributed by atoms with Gasteiger partial charge in [0, 0.05) is 24.2 Å². The second-order valence-corrected chi connectivity index (χ2v) is 6.39. The van der Waals surface area contributed by atoms with E-state index in [1.165, 1.54) is 11.4 Å². The highest BCUT2D eigenvalue weighted by molar-refractivity contribution is 7.15. The fourth-order valence-electron chi connectivity index (χ4n) is 2.36. The summed E-state index contributed by atoms with van der Waals surface area (Å²) in [4.78, 5) is 5.61. The molecule has 0 saturated carbocycles. The number of hydrogen-bond acceptors (Lipinski definition) is 4. The fourth-order valence-corrected chi connectivity index (χ4v) is 3.29. The van der Waals surface area contributed by atoms with E-state index in [-0.39, 0.29) is 6.10 Å². The van der Waals surface area contributed by atoms with Crippen LogP contribution in [0, 0.1) is 19.8 Å². The van der Waals surface area contributed by atoms with Crippen LogP contribution in [-0.2, 0) is 6.54 Å². The van der Waals surface area contributed by atoms with Crippen molar-refractivity contribution in [2.75, 3.05) is 6.54 Å². The van der Waals surface area contributed by atoms with Gasteiger partial charge in [0.1, 0.15) is 0 Å². The monoisotopic (exact) mass is 281 g/mol. The molecule has 2 heterocycles. The average molecular weight is 281 g/mol. The van der Waals surface area contributed by atoms with Crippen molar-refractivity contribution in [3.8, 4) is 0 Å². The Labute approximate surface area is 118 Å². The second-order valence-electron chi connectivity index (χ2n) is 5.55. The minimum absolute atomic E-state index is 0.271. The Morgan fingerprint density at radius 1 is 1.42 bits per heavy atom. The molecule has 106 valence electrons. The first kappa shape index (κ1) is 14.5. The third-order valence-electron chi connectivity index (χ3n) is 3.25. The van der Waals surface area contributed by atoms with Crippen LogP contribution in [0.5, 0.6) is 0 Å². The van der Waals surface area contributed by atoms with Crippen molar-refractivity contribution in [3.63, 3.8) is 0 Å². The summed E-state index contributed by atoms with van der Waals surface area (Å²) in [6.45, 7) is 9.78. The lowest BCUT2D eigenvalue weighted by Crippen LogP contribution is -2.28. The highest BCUT2D eigenvalue weighted by Gasteiger charge is 2.12. The van der Waals surface area contributed by atoms with Gasteiger partial charge in [0.05, 0.1) is 17.5 Å². The number of nitrogens with zero attached hydrogens (tertiary/aromatic N) is 2. The molecule has 0 aromatic carbocycles. The molecule has 2 aromatic heterocycles. The highest BCUT2D eigenvalue weighted by atomic mass is 32.1. The lowest BCUT2D eigenvalue weighted by Gasteiger charge is -2.14. The molecule has 2 N–H and O–H groups in total. The molecule has 5 heteroatoms. The van der Waals surface area contributed by atoms with Crippen LogP contribution >= 0.6 is 11.3 Å². The number of aliphatic hydroxyl groups is 1. The Morgan fingerprint density at radius 3 is 2.84 bits per heavy atom. The van der Waals surface area contributed by atoms with Gasteiger partial charge >= 0.3 is 0 Å². The van der Waals surface area contributed by atoms with E-state index in [0.717, 1.165) is 23.6 Å². The van der Waals surface area contributed by atoms with Crippen molar-refractivity contribution in [1.82, 2.24) is 14.7 Å². The van der Waals surface area contributed by atoms with E-state index in [1.807, 2.05) is 6.92 Å². The number of aromatic nitrogens is 2. The molecule has 0 aliphatic heterocycles. The molecule has 0 fully saturated rings. The maximum atomic E-state index is 9.86. The van der Waals surface area contributed by atoms with Crippen LogP contribution in [0.3, 0.4) is 0 Å². The van der Waals surface area contributed by atoms with Gasteiger partial charge in [-0.05, 0) is 26.2 Å². The molecule has 4 nitrogen and oxygen atoms in total. The summed E-state index contributed by atoms with van der Waals surface area (Å²) in [5.41, 5.74) is 3.49. The summed E-state index contributed by atoms with van der Waals surface area (Å²) in [5, 5.41) is 15.3. The Bertz CT molecular complexity index is 544. The van der Waals surface area contributed by atoms with E-state index < -0.39 is 0 Å². The number of fused-ring (bicyclic) bond motifs is 1. The third-order valence-corrected chi connectivity index (χ3v) is 4.19. The minimum Gasteiger partial charge on any atom is -0.392 e. The summed E-state index contributed by atoms with van der Waals surface area (Å²) >= 11 is 1.67. The number of thiazole rings is 1. The Balaban J connectivity index is 1.98. The van der Waals surface area contributed by atoms with Crippen LogP contribution in [0.4, 0.5) is 0 Å². The van der Waals surface area contributed by atoms with Gasteiger partial charge in [-0.25, -0.2) is 4.98 Å². The van der Waals surface area contributed by atoms with Crippen LogP contribution < -0.4 is 5.32 Å². The first-order valence-electron chi connectivity index (χ1n) is 6.79. The molecule has 0 aliphatic carbocycles. The number of hydrogen-bond donors (Lipinski definition) is 2. The minimum atomic E-state index is -0.271. The topological polar surface area (TPSA) is 49.6 Å². The molecule has 0 bridgehead atoms. The van der Waals surface area contributed by atoms with E-state index in [2.05, 4.69) is 40.9 Å². The van der Waals surface area contributed by atoms with Gasteiger partial charge in [-0.3, -0.25) is 4.40 Å². The zero-order chi connectivity index (χ0) is 14.0. The van der Waals surface area contributed by atoms with E-state index in [9.17, 15) is 5.11 Å². The molecule has 0 aliphatic rings. The number of aliphatic hydroxyl groups excluding tert-OH is 1. The smallest absolute Gasteiger partial charge is 0.194 e. The van der Waals surface area contributed by atoms with Crippen LogP contribution in [0.25, 0.3) is 4.96 Å². The second kappa shape index (κ2) is 6.03. The molecular weight excluding hydrogens is 258 g/mol. The molecule has 2 rings (SSSR count). The summed E-state index contributed by atoms with van der Waals surface area (Å²) < 4.78 is 2.20. The van der Waals surface area contributed by atoms with E-state index in [1.54, 1.807) is 11.3 Å². The fraction of sp³-hybridized carbons (Fsp3) is 0.643. The Hall–Kier alpha value is -0.910. The summed E-state index contributed by atoms with van der Waals surface area (Å²) in [5.74, 6) is 0.527. The zero-order valence-electron chi connectivity index (χ0n) is 12.1. The van der Waals surface area contributed by atoms with Gasteiger partial charge in [0.2, 0.25) is 0 Å². The number of nitrogens with one attached hydrogen (secondary N) is 1. The summed E-state index contributed by atoms with van der Waals surface area (Å²) in [6.07, 6.45) is 0.568. The highest BCUT2D eigenvalue weighted by Crippen LogP contribution is 2.20. The van der Waals surface area contributed by atoms with Gasteiger partial charge in [-0.2, -0.15) is 0 Å². The van der Waals surface area contributed by atoms with Crippen molar-refractivity contribution in [2.45, 2.75) is 46.8 Å². The molecular formula is C14H23N3OS. The number of imidazole rings is 1. The first-order chi connectivity index (χ1) is 8.99. The van der Waals surface area contributed by atoms with Crippen molar-refractivity contribution in [1.29, 1.82) is 0 Å². The average Bonchev–Trinajstić information content (AvgIpc) is 2.80. The van der Waals surface area contributed by atoms with Gasteiger partial charge in [-0.15, -0.1) is 11.3 Å². The molecule has 19 heavy (non-hydrogen) atoms. The predicted molar refractivity (Wildman–Crippen MR) is 79.7 cm³/mol. The molecule has 2 aromatic rings. The molecule has 1 unspecified atom stereocenters. The zero-order valence-corrected chi connectivity index (χ0v) is 12.9. The van der Waals surface area contributed by atoms with Crippen LogP contribution in [0.1, 0.15) is 37.4 Å². The van der Waals surface area contributed by atoms with Gasteiger partial charge in [0.25, 0.3) is 0 Å². The molecule has 1 atom stereocenters. The Kier molecular flexibility index (Phi) is 4.60. The Morgan fingerprint density at radius 2 is 2.16 bits per heavy atom. The van der Waals surface area contributed by atoms with E-state index in [0.29, 0.717) is 12.5 Å². The SMILES string of the molecule is Cc1nc2scc(C)n2c1CNCC(O)CC(C)C.